The van der Waals surface area contributed by atoms with E-state index in [0.29, 0.717) is 5.41 Å². The van der Waals surface area contributed by atoms with Crippen LogP contribution < -0.4 is 5.32 Å². The summed E-state index contributed by atoms with van der Waals surface area (Å²) in [6.07, 6.45) is 8.12. The minimum atomic E-state index is 0.473. The van der Waals surface area contributed by atoms with E-state index < -0.39 is 0 Å². The molecule has 0 bridgehead atoms. The maximum atomic E-state index is 3.64. The molecular weight excluding hydrogens is 194 g/mol. The van der Waals surface area contributed by atoms with Crippen molar-refractivity contribution in [1.29, 1.82) is 0 Å². The first-order chi connectivity index (χ1) is 7.52. The second kappa shape index (κ2) is 9.04. The van der Waals surface area contributed by atoms with Gasteiger partial charge in [0, 0.05) is 6.54 Å². The van der Waals surface area contributed by atoms with E-state index in [9.17, 15) is 0 Å². The van der Waals surface area contributed by atoms with Gasteiger partial charge in [-0.15, -0.1) is 0 Å². The van der Waals surface area contributed by atoms with E-state index >= 15 is 0 Å². The predicted molar refractivity (Wildman–Crippen MR) is 74.9 cm³/mol. The standard InChI is InChI=1S/C15H33N/c1-6-8-9-11-15(4,5)13-16-12-14(3)10-7-2/h14,16H,6-13H2,1-5H3. The van der Waals surface area contributed by atoms with Crippen LogP contribution in [0.25, 0.3) is 0 Å². The summed E-state index contributed by atoms with van der Waals surface area (Å²) in [5.41, 5.74) is 0.473. The first kappa shape index (κ1) is 16.0. The molecule has 16 heavy (non-hydrogen) atoms. The Morgan fingerprint density at radius 2 is 1.75 bits per heavy atom. The average Bonchev–Trinajstić information content (AvgIpc) is 2.18. The van der Waals surface area contributed by atoms with Crippen molar-refractivity contribution in [1.82, 2.24) is 5.32 Å². The van der Waals surface area contributed by atoms with Crippen molar-refractivity contribution >= 4 is 0 Å². The molecule has 0 saturated heterocycles. The van der Waals surface area contributed by atoms with Gasteiger partial charge in [-0.1, -0.05) is 60.3 Å². The zero-order valence-electron chi connectivity index (χ0n) is 12.2. The summed E-state index contributed by atoms with van der Waals surface area (Å²) in [5.74, 6) is 0.830. The predicted octanol–water partition coefficient (Wildman–Crippen LogP) is 4.62. The Morgan fingerprint density at radius 3 is 2.31 bits per heavy atom. The molecule has 1 heteroatoms. The molecule has 1 atom stereocenters. The normalized spacial score (nSPS) is 14.1. The van der Waals surface area contributed by atoms with Crippen LogP contribution in [0.5, 0.6) is 0 Å². The molecule has 0 aromatic heterocycles. The fraction of sp³-hybridized carbons (Fsp3) is 1.00. The molecule has 0 radical (unpaired) electrons. The van der Waals surface area contributed by atoms with E-state index in [4.69, 9.17) is 0 Å². The molecule has 1 N–H and O–H groups in total. The Hall–Kier alpha value is -0.0400. The van der Waals surface area contributed by atoms with Gasteiger partial charge < -0.3 is 5.32 Å². The Morgan fingerprint density at radius 1 is 1.06 bits per heavy atom. The van der Waals surface area contributed by atoms with Crippen LogP contribution >= 0.6 is 0 Å². The van der Waals surface area contributed by atoms with Crippen molar-refractivity contribution < 1.29 is 0 Å². The van der Waals surface area contributed by atoms with Gasteiger partial charge in [0.25, 0.3) is 0 Å². The topological polar surface area (TPSA) is 12.0 Å². The number of nitrogens with one attached hydrogen (secondary N) is 1. The summed E-state index contributed by atoms with van der Waals surface area (Å²) in [5, 5.41) is 3.64. The van der Waals surface area contributed by atoms with E-state index in [-0.39, 0.29) is 0 Å². The molecule has 0 aliphatic carbocycles. The molecule has 0 aliphatic heterocycles. The van der Waals surface area contributed by atoms with Gasteiger partial charge in [0.05, 0.1) is 0 Å². The molecule has 98 valence electrons. The van der Waals surface area contributed by atoms with Crippen molar-refractivity contribution in [2.45, 2.75) is 73.1 Å². The zero-order chi connectivity index (χ0) is 12.4. The van der Waals surface area contributed by atoms with Crippen molar-refractivity contribution in [3.05, 3.63) is 0 Å². The van der Waals surface area contributed by atoms with Crippen LogP contribution in [0.15, 0.2) is 0 Å². The quantitative estimate of drug-likeness (QED) is 0.537. The first-order valence-electron chi connectivity index (χ1n) is 7.22. The summed E-state index contributed by atoms with van der Waals surface area (Å²) in [4.78, 5) is 0. The molecule has 1 unspecified atom stereocenters. The Balaban J connectivity index is 3.56. The molecule has 0 aromatic rings. The molecule has 1 nitrogen and oxygen atoms in total. The highest BCUT2D eigenvalue weighted by molar-refractivity contribution is 4.72. The first-order valence-corrected chi connectivity index (χ1v) is 7.22. The highest BCUT2D eigenvalue weighted by atomic mass is 14.9. The van der Waals surface area contributed by atoms with Crippen LogP contribution in [0.2, 0.25) is 0 Å². The SMILES string of the molecule is CCCCCC(C)(C)CNCC(C)CCC. The van der Waals surface area contributed by atoms with E-state index in [1.807, 2.05) is 0 Å². The van der Waals surface area contributed by atoms with Crippen molar-refractivity contribution in [2.75, 3.05) is 13.1 Å². The average molecular weight is 227 g/mol. The minimum absolute atomic E-state index is 0.473. The molecule has 0 heterocycles. The van der Waals surface area contributed by atoms with Gasteiger partial charge in [-0.2, -0.15) is 0 Å². The molecule has 0 amide bonds. The van der Waals surface area contributed by atoms with Crippen LogP contribution in [0.4, 0.5) is 0 Å². The fourth-order valence-corrected chi connectivity index (χ4v) is 2.19. The van der Waals surface area contributed by atoms with Gasteiger partial charge in [0.2, 0.25) is 0 Å². The van der Waals surface area contributed by atoms with Crippen molar-refractivity contribution in [3.63, 3.8) is 0 Å². The third-order valence-electron chi connectivity index (χ3n) is 3.33. The number of hydrogen-bond acceptors (Lipinski definition) is 1. The van der Waals surface area contributed by atoms with E-state index in [0.717, 1.165) is 5.92 Å². The molecule has 0 fully saturated rings. The Kier molecular flexibility index (Phi) is 9.02. The van der Waals surface area contributed by atoms with Gasteiger partial charge in [0.15, 0.2) is 0 Å². The van der Waals surface area contributed by atoms with E-state index in [1.54, 1.807) is 0 Å². The van der Waals surface area contributed by atoms with Crippen LogP contribution in [0.1, 0.15) is 73.1 Å². The van der Waals surface area contributed by atoms with Crippen LogP contribution in [-0.4, -0.2) is 13.1 Å². The Labute approximate surface area is 103 Å². The lowest BCUT2D eigenvalue weighted by molar-refractivity contribution is 0.293. The highest BCUT2D eigenvalue weighted by Gasteiger charge is 2.16. The number of hydrogen-bond donors (Lipinski definition) is 1. The highest BCUT2D eigenvalue weighted by Crippen LogP contribution is 2.22. The smallest absolute Gasteiger partial charge is 0.000263 e. The second-order valence-electron chi connectivity index (χ2n) is 6.15. The molecular formula is C15H33N. The van der Waals surface area contributed by atoms with E-state index in [1.165, 1.54) is 51.6 Å². The van der Waals surface area contributed by atoms with Gasteiger partial charge in [-0.05, 0) is 30.7 Å². The third-order valence-corrected chi connectivity index (χ3v) is 3.33. The lowest BCUT2D eigenvalue weighted by Crippen LogP contribution is -2.32. The summed E-state index contributed by atoms with van der Waals surface area (Å²) >= 11 is 0. The molecule has 0 rings (SSSR count). The molecule has 0 spiro atoms. The van der Waals surface area contributed by atoms with Crippen LogP contribution in [-0.2, 0) is 0 Å². The summed E-state index contributed by atoms with van der Waals surface area (Å²) < 4.78 is 0. The fourth-order valence-electron chi connectivity index (χ4n) is 2.19. The van der Waals surface area contributed by atoms with E-state index in [2.05, 4.69) is 39.9 Å². The summed E-state index contributed by atoms with van der Waals surface area (Å²) in [6.45, 7) is 14.0. The van der Waals surface area contributed by atoms with Crippen molar-refractivity contribution in [3.8, 4) is 0 Å². The van der Waals surface area contributed by atoms with Crippen LogP contribution in [0.3, 0.4) is 0 Å². The lowest BCUT2D eigenvalue weighted by Gasteiger charge is -2.26. The maximum absolute atomic E-state index is 3.64. The summed E-state index contributed by atoms with van der Waals surface area (Å²) in [6, 6.07) is 0. The van der Waals surface area contributed by atoms with Crippen LogP contribution in [0, 0.1) is 11.3 Å². The Bertz CT molecular complexity index is 152. The number of unbranched alkanes of at least 4 members (excludes halogenated alkanes) is 2. The van der Waals surface area contributed by atoms with Gasteiger partial charge in [-0.3, -0.25) is 0 Å². The van der Waals surface area contributed by atoms with Gasteiger partial charge in [0.1, 0.15) is 0 Å². The second-order valence-corrected chi connectivity index (χ2v) is 6.15. The largest absolute Gasteiger partial charge is 0.316 e. The third kappa shape index (κ3) is 9.21. The number of rotatable bonds is 10. The maximum Gasteiger partial charge on any atom is 0.000263 e. The molecule has 0 aliphatic rings. The minimum Gasteiger partial charge on any atom is -0.316 e. The summed E-state index contributed by atoms with van der Waals surface area (Å²) in [7, 11) is 0. The lowest BCUT2D eigenvalue weighted by atomic mass is 9.86. The zero-order valence-corrected chi connectivity index (χ0v) is 12.2. The molecule has 0 saturated carbocycles. The van der Waals surface area contributed by atoms with Gasteiger partial charge in [-0.25, -0.2) is 0 Å². The van der Waals surface area contributed by atoms with Crippen molar-refractivity contribution in [2.24, 2.45) is 11.3 Å². The monoisotopic (exact) mass is 227 g/mol. The van der Waals surface area contributed by atoms with Gasteiger partial charge >= 0.3 is 0 Å². The molecule has 0 aromatic carbocycles.